The molecule has 0 bridgehead atoms. The molecule has 1 aromatic heterocycles. The molecule has 0 spiro atoms. The molecule has 2 heterocycles. The summed E-state index contributed by atoms with van der Waals surface area (Å²) in [5, 5.41) is 2.29. The van der Waals surface area contributed by atoms with Crippen molar-refractivity contribution in [1.29, 1.82) is 0 Å². The summed E-state index contributed by atoms with van der Waals surface area (Å²) in [6.45, 7) is 4.67. The van der Waals surface area contributed by atoms with Crippen LogP contribution in [0, 0.1) is 0 Å². The number of ether oxygens (including phenoxy) is 4. The van der Waals surface area contributed by atoms with Crippen molar-refractivity contribution >= 4 is 39.9 Å². The molecule has 0 saturated carbocycles. The normalized spacial score (nSPS) is 14.2. The second kappa shape index (κ2) is 14.9. The average Bonchev–Trinajstić information content (AvgIpc) is 3.48. The molecule has 0 amide bonds. The van der Waals surface area contributed by atoms with E-state index in [1.54, 1.807) is 18.6 Å². The summed E-state index contributed by atoms with van der Waals surface area (Å²) in [6, 6.07) is 36.1. The van der Waals surface area contributed by atoms with E-state index in [9.17, 15) is 9.59 Å². The second-order valence-corrected chi connectivity index (χ2v) is 12.8. The highest BCUT2D eigenvalue weighted by molar-refractivity contribution is 7.07. The first kappa shape index (κ1) is 33.6. The summed E-state index contributed by atoms with van der Waals surface area (Å²) in [5.41, 5.74) is 3.79. The molecule has 5 aromatic carbocycles. The van der Waals surface area contributed by atoms with Gasteiger partial charge in [0.1, 0.15) is 12.4 Å². The van der Waals surface area contributed by atoms with Gasteiger partial charge in [0.15, 0.2) is 16.3 Å². The maximum Gasteiger partial charge on any atom is 0.338 e. The van der Waals surface area contributed by atoms with E-state index >= 15 is 0 Å². The van der Waals surface area contributed by atoms with Crippen LogP contribution in [0.4, 0.5) is 0 Å². The number of fused-ring (bicyclic) bond motifs is 2. The van der Waals surface area contributed by atoms with Crippen LogP contribution in [-0.2, 0) is 16.1 Å². The van der Waals surface area contributed by atoms with Crippen molar-refractivity contribution in [2.75, 3.05) is 20.3 Å². The molecule has 51 heavy (non-hydrogen) atoms. The maximum absolute atomic E-state index is 14.4. The van der Waals surface area contributed by atoms with Crippen LogP contribution in [0.1, 0.15) is 42.1 Å². The van der Waals surface area contributed by atoms with Crippen LogP contribution in [0.15, 0.2) is 131 Å². The van der Waals surface area contributed by atoms with Crippen molar-refractivity contribution in [2.45, 2.75) is 26.5 Å². The zero-order valence-electron chi connectivity index (χ0n) is 28.5. The number of esters is 1. The van der Waals surface area contributed by atoms with Gasteiger partial charge < -0.3 is 18.9 Å². The summed E-state index contributed by atoms with van der Waals surface area (Å²) >= 11 is 1.27. The van der Waals surface area contributed by atoms with Crippen molar-refractivity contribution < 1.29 is 23.7 Å². The molecule has 8 nitrogen and oxygen atoms in total. The SMILES string of the molecule is CCOC(=O)C1=C(c2ccccc2)N=c2s/c(=C\c3ccc(OCc4cccc5ccccc45)c(OCC)c3)c(=O)n2[C@H]1c1ccc(OC)cc1. The molecular weight excluding hydrogens is 661 g/mol. The van der Waals surface area contributed by atoms with Crippen LogP contribution >= 0.6 is 11.3 Å². The van der Waals surface area contributed by atoms with Gasteiger partial charge in [-0.1, -0.05) is 102 Å². The van der Waals surface area contributed by atoms with E-state index in [4.69, 9.17) is 23.9 Å². The van der Waals surface area contributed by atoms with Gasteiger partial charge in [-0.2, -0.15) is 0 Å². The Morgan fingerprint density at radius 1 is 0.843 bits per heavy atom. The Labute approximate surface area is 299 Å². The molecule has 1 atom stereocenters. The number of carbonyl (C=O) groups is 1. The largest absolute Gasteiger partial charge is 0.497 e. The predicted molar refractivity (Wildman–Crippen MR) is 200 cm³/mol. The first-order chi connectivity index (χ1) is 25.0. The number of hydrogen-bond acceptors (Lipinski definition) is 8. The number of benzene rings is 5. The zero-order valence-corrected chi connectivity index (χ0v) is 29.3. The summed E-state index contributed by atoms with van der Waals surface area (Å²) < 4.78 is 25.3. The van der Waals surface area contributed by atoms with Crippen molar-refractivity contribution in [2.24, 2.45) is 4.99 Å². The Kier molecular flexibility index (Phi) is 9.81. The number of thiazole rings is 1. The van der Waals surface area contributed by atoms with Crippen LogP contribution in [0.2, 0.25) is 0 Å². The van der Waals surface area contributed by atoms with E-state index in [1.807, 2.05) is 104 Å². The summed E-state index contributed by atoms with van der Waals surface area (Å²) in [7, 11) is 1.59. The summed E-state index contributed by atoms with van der Waals surface area (Å²) in [6.07, 6.45) is 1.82. The minimum absolute atomic E-state index is 0.175. The van der Waals surface area contributed by atoms with E-state index in [0.29, 0.717) is 51.1 Å². The zero-order chi connectivity index (χ0) is 35.3. The van der Waals surface area contributed by atoms with Gasteiger partial charge in [-0.05, 0) is 71.7 Å². The highest BCUT2D eigenvalue weighted by Gasteiger charge is 2.35. The maximum atomic E-state index is 14.4. The molecular formula is C42H36N2O6S. The lowest BCUT2D eigenvalue weighted by Gasteiger charge is -2.26. The Balaban J connectivity index is 1.32. The van der Waals surface area contributed by atoms with Gasteiger partial charge in [0, 0.05) is 5.56 Å². The van der Waals surface area contributed by atoms with Gasteiger partial charge in [0.25, 0.3) is 5.56 Å². The molecule has 0 aliphatic carbocycles. The minimum atomic E-state index is -0.785. The topological polar surface area (TPSA) is 88.4 Å². The quantitative estimate of drug-likeness (QED) is 0.135. The van der Waals surface area contributed by atoms with E-state index in [1.165, 1.54) is 11.3 Å². The van der Waals surface area contributed by atoms with Crippen LogP contribution in [0.5, 0.6) is 17.2 Å². The number of hydrogen-bond donors (Lipinski definition) is 0. The monoisotopic (exact) mass is 696 g/mol. The lowest BCUT2D eigenvalue weighted by atomic mass is 9.93. The smallest absolute Gasteiger partial charge is 0.338 e. The lowest BCUT2D eigenvalue weighted by molar-refractivity contribution is -0.138. The molecule has 1 aliphatic rings. The molecule has 1 aliphatic heterocycles. The summed E-state index contributed by atoms with van der Waals surface area (Å²) in [4.78, 5) is 33.5. The Morgan fingerprint density at radius 2 is 1.61 bits per heavy atom. The van der Waals surface area contributed by atoms with Crippen LogP contribution in [0.3, 0.4) is 0 Å². The standard InChI is InChI=1S/C42H36N2O6S/c1-4-48-35-24-27(18-23-34(35)50-26-31-16-11-15-28-12-9-10-17-33(28)31)25-36-40(45)44-39(30-19-21-32(47-3)22-20-30)37(41(46)49-5-2)38(43-42(44)51-36)29-13-7-6-8-14-29/h6-25,39H,4-5,26H2,1-3H3/b36-25-/t39-/m0/s1. The van der Waals surface area contributed by atoms with Gasteiger partial charge in [-0.25, -0.2) is 9.79 Å². The number of carbonyl (C=O) groups excluding carboxylic acids is 1. The molecule has 256 valence electrons. The third kappa shape index (κ3) is 6.80. The highest BCUT2D eigenvalue weighted by Crippen LogP contribution is 2.36. The Morgan fingerprint density at radius 3 is 2.37 bits per heavy atom. The van der Waals surface area contributed by atoms with E-state index in [-0.39, 0.29) is 12.2 Å². The molecule has 0 fully saturated rings. The van der Waals surface area contributed by atoms with Crippen molar-refractivity contribution in [1.82, 2.24) is 4.57 Å². The average molecular weight is 697 g/mol. The van der Waals surface area contributed by atoms with Gasteiger partial charge in [0.2, 0.25) is 0 Å². The number of rotatable bonds is 11. The van der Waals surface area contributed by atoms with Crippen molar-refractivity contribution in [3.8, 4) is 17.2 Å². The van der Waals surface area contributed by atoms with E-state index in [0.717, 1.165) is 33.0 Å². The first-order valence-electron chi connectivity index (χ1n) is 16.8. The van der Waals surface area contributed by atoms with Crippen LogP contribution in [-0.4, -0.2) is 30.9 Å². The van der Waals surface area contributed by atoms with Crippen LogP contribution < -0.4 is 29.1 Å². The minimum Gasteiger partial charge on any atom is -0.497 e. The summed E-state index contributed by atoms with van der Waals surface area (Å²) in [5.74, 6) is 1.31. The Hall–Kier alpha value is -5.93. The van der Waals surface area contributed by atoms with Crippen molar-refractivity contribution in [3.63, 3.8) is 0 Å². The molecule has 0 unspecified atom stereocenters. The Bertz CT molecular complexity index is 2430. The fourth-order valence-corrected chi connectivity index (χ4v) is 7.27. The van der Waals surface area contributed by atoms with Gasteiger partial charge in [-0.15, -0.1) is 0 Å². The van der Waals surface area contributed by atoms with Crippen LogP contribution in [0.25, 0.3) is 22.5 Å². The third-order valence-electron chi connectivity index (χ3n) is 8.63. The number of nitrogens with zero attached hydrogens (tertiary/aromatic N) is 2. The van der Waals surface area contributed by atoms with Crippen molar-refractivity contribution in [3.05, 3.63) is 163 Å². The third-order valence-corrected chi connectivity index (χ3v) is 9.62. The molecule has 0 saturated heterocycles. The number of methoxy groups -OCH3 is 1. The fourth-order valence-electron chi connectivity index (χ4n) is 6.27. The van der Waals surface area contributed by atoms with Gasteiger partial charge >= 0.3 is 5.97 Å². The second-order valence-electron chi connectivity index (χ2n) is 11.8. The lowest BCUT2D eigenvalue weighted by Crippen LogP contribution is -2.40. The van der Waals surface area contributed by atoms with E-state index < -0.39 is 12.0 Å². The van der Waals surface area contributed by atoms with E-state index in [2.05, 4.69) is 24.3 Å². The molecule has 6 aromatic rings. The van der Waals surface area contributed by atoms with Gasteiger partial charge in [-0.3, -0.25) is 9.36 Å². The molecule has 7 rings (SSSR count). The predicted octanol–water partition coefficient (Wildman–Crippen LogP) is 7.08. The first-order valence-corrected chi connectivity index (χ1v) is 17.6. The number of aromatic nitrogens is 1. The molecule has 0 radical (unpaired) electrons. The molecule has 0 N–H and O–H groups in total. The van der Waals surface area contributed by atoms with Gasteiger partial charge in [0.05, 0.1) is 42.2 Å². The molecule has 9 heteroatoms. The highest BCUT2D eigenvalue weighted by atomic mass is 32.1. The fraction of sp³-hybridized carbons (Fsp3) is 0.167.